The van der Waals surface area contributed by atoms with Gasteiger partial charge in [0.15, 0.2) is 0 Å². The standard InChI is InChI=1S/C9H10N2O/c1-2-3-4-9(12)8-5-6-10-7-11-8/h5-7,9,12H,4H2,1H3. The van der Waals surface area contributed by atoms with Crippen LogP contribution in [0, 0.1) is 11.8 Å². The zero-order chi connectivity index (χ0) is 8.81. The van der Waals surface area contributed by atoms with E-state index in [0.717, 1.165) is 0 Å². The van der Waals surface area contributed by atoms with E-state index in [1.807, 2.05) is 0 Å². The van der Waals surface area contributed by atoms with E-state index < -0.39 is 6.10 Å². The monoisotopic (exact) mass is 162 g/mol. The lowest BCUT2D eigenvalue weighted by molar-refractivity contribution is 0.179. The molecule has 1 aromatic heterocycles. The summed E-state index contributed by atoms with van der Waals surface area (Å²) in [5, 5.41) is 9.46. The first-order valence-electron chi connectivity index (χ1n) is 3.68. The van der Waals surface area contributed by atoms with Crippen molar-refractivity contribution in [1.29, 1.82) is 0 Å². The molecule has 0 fully saturated rings. The lowest BCUT2D eigenvalue weighted by Crippen LogP contribution is -1.98. The molecule has 1 unspecified atom stereocenters. The minimum Gasteiger partial charge on any atom is -0.386 e. The van der Waals surface area contributed by atoms with Crippen molar-refractivity contribution in [2.75, 3.05) is 0 Å². The molecule has 0 aliphatic heterocycles. The highest BCUT2D eigenvalue weighted by molar-refractivity contribution is 5.07. The van der Waals surface area contributed by atoms with Crippen molar-refractivity contribution >= 4 is 0 Å². The Kier molecular flexibility index (Phi) is 3.24. The topological polar surface area (TPSA) is 46.0 Å². The molecule has 0 amide bonds. The van der Waals surface area contributed by atoms with Crippen LogP contribution in [0.3, 0.4) is 0 Å². The van der Waals surface area contributed by atoms with Crippen LogP contribution in [0.1, 0.15) is 25.1 Å². The summed E-state index contributed by atoms with van der Waals surface area (Å²) in [4.78, 5) is 7.65. The summed E-state index contributed by atoms with van der Waals surface area (Å²) >= 11 is 0. The van der Waals surface area contributed by atoms with E-state index in [-0.39, 0.29) is 0 Å². The van der Waals surface area contributed by atoms with E-state index in [1.165, 1.54) is 6.33 Å². The highest BCUT2D eigenvalue weighted by Crippen LogP contribution is 2.10. The van der Waals surface area contributed by atoms with Gasteiger partial charge < -0.3 is 5.11 Å². The van der Waals surface area contributed by atoms with Gasteiger partial charge in [0.25, 0.3) is 0 Å². The maximum Gasteiger partial charge on any atom is 0.115 e. The van der Waals surface area contributed by atoms with Crippen LogP contribution >= 0.6 is 0 Å². The highest BCUT2D eigenvalue weighted by atomic mass is 16.3. The summed E-state index contributed by atoms with van der Waals surface area (Å²) in [5.41, 5.74) is 0.618. The van der Waals surface area contributed by atoms with Crippen molar-refractivity contribution in [3.63, 3.8) is 0 Å². The van der Waals surface area contributed by atoms with Crippen LogP contribution in [-0.4, -0.2) is 15.1 Å². The van der Waals surface area contributed by atoms with Crippen LogP contribution in [0.15, 0.2) is 18.6 Å². The fourth-order valence-corrected chi connectivity index (χ4v) is 0.801. The molecule has 0 spiro atoms. The number of aliphatic hydroxyl groups excluding tert-OH is 1. The molecule has 1 heterocycles. The van der Waals surface area contributed by atoms with E-state index in [2.05, 4.69) is 21.8 Å². The van der Waals surface area contributed by atoms with Crippen molar-refractivity contribution in [2.45, 2.75) is 19.4 Å². The first-order chi connectivity index (χ1) is 5.84. The fourth-order valence-electron chi connectivity index (χ4n) is 0.801. The SMILES string of the molecule is CC#CCC(O)c1ccncn1. The molecule has 0 aromatic carbocycles. The number of nitrogens with zero attached hydrogens (tertiary/aromatic N) is 2. The van der Waals surface area contributed by atoms with Gasteiger partial charge in [0.2, 0.25) is 0 Å². The maximum absolute atomic E-state index is 9.46. The smallest absolute Gasteiger partial charge is 0.115 e. The minimum atomic E-state index is -0.597. The number of aliphatic hydroxyl groups is 1. The number of hydrogen-bond acceptors (Lipinski definition) is 3. The van der Waals surface area contributed by atoms with Crippen LogP contribution < -0.4 is 0 Å². The lowest BCUT2D eigenvalue weighted by atomic mass is 10.2. The van der Waals surface area contributed by atoms with Crippen LogP contribution in [-0.2, 0) is 0 Å². The third-order valence-electron chi connectivity index (χ3n) is 1.42. The Bertz CT molecular complexity index is 286. The summed E-state index contributed by atoms with van der Waals surface area (Å²) in [7, 11) is 0. The number of rotatable bonds is 2. The molecule has 0 radical (unpaired) electrons. The summed E-state index contributed by atoms with van der Waals surface area (Å²) in [6.07, 6.45) is 2.84. The lowest BCUT2D eigenvalue weighted by Gasteiger charge is -2.03. The van der Waals surface area contributed by atoms with E-state index in [9.17, 15) is 5.11 Å². The first kappa shape index (κ1) is 8.69. The molecule has 3 heteroatoms. The van der Waals surface area contributed by atoms with Gasteiger partial charge in [-0.2, -0.15) is 0 Å². The van der Waals surface area contributed by atoms with Crippen LogP contribution in [0.4, 0.5) is 0 Å². The second-order valence-electron chi connectivity index (χ2n) is 2.28. The van der Waals surface area contributed by atoms with Crippen molar-refractivity contribution in [3.05, 3.63) is 24.3 Å². The number of aromatic nitrogens is 2. The van der Waals surface area contributed by atoms with Crippen LogP contribution in [0.25, 0.3) is 0 Å². The predicted octanol–water partition coefficient (Wildman–Crippen LogP) is 0.923. The molecule has 0 aliphatic rings. The van der Waals surface area contributed by atoms with E-state index in [4.69, 9.17) is 0 Å². The van der Waals surface area contributed by atoms with Gasteiger partial charge in [-0.05, 0) is 13.0 Å². The van der Waals surface area contributed by atoms with Gasteiger partial charge >= 0.3 is 0 Å². The van der Waals surface area contributed by atoms with Crippen molar-refractivity contribution in [1.82, 2.24) is 9.97 Å². The molecule has 1 rings (SSSR count). The van der Waals surface area contributed by atoms with Gasteiger partial charge in [0.05, 0.1) is 5.69 Å². The van der Waals surface area contributed by atoms with Gasteiger partial charge in [-0.3, -0.25) is 0 Å². The van der Waals surface area contributed by atoms with E-state index in [0.29, 0.717) is 12.1 Å². The van der Waals surface area contributed by atoms with Crippen molar-refractivity contribution in [3.8, 4) is 11.8 Å². The van der Waals surface area contributed by atoms with Crippen LogP contribution in [0.2, 0.25) is 0 Å². The molecule has 1 atom stereocenters. The van der Waals surface area contributed by atoms with Gasteiger partial charge in [-0.1, -0.05) is 0 Å². The largest absolute Gasteiger partial charge is 0.386 e. The van der Waals surface area contributed by atoms with Gasteiger partial charge in [0, 0.05) is 12.6 Å². The molecule has 1 aromatic rings. The average molecular weight is 162 g/mol. The third kappa shape index (κ3) is 2.33. The van der Waals surface area contributed by atoms with Crippen molar-refractivity contribution in [2.24, 2.45) is 0 Å². The van der Waals surface area contributed by atoms with Crippen LogP contribution in [0.5, 0.6) is 0 Å². The molecular formula is C9H10N2O. The Labute approximate surface area is 71.5 Å². The minimum absolute atomic E-state index is 0.424. The molecule has 1 N–H and O–H groups in total. The first-order valence-corrected chi connectivity index (χ1v) is 3.68. The maximum atomic E-state index is 9.46. The molecule has 0 saturated heterocycles. The highest BCUT2D eigenvalue weighted by Gasteiger charge is 2.05. The fraction of sp³-hybridized carbons (Fsp3) is 0.333. The summed E-state index contributed by atoms with van der Waals surface area (Å²) in [6.45, 7) is 1.74. The Morgan fingerprint density at radius 3 is 3.08 bits per heavy atom. The van der Waals surface area contributed by atoms with E-state index in [1.54, 1.807) is 19.2 Å². The Morgan fingerprint density at radius 2 is 2.50 bits per heavy atom. The van der Waals surface area contributed by atoms with E-state index >= 15 is 0 Å². The molecular weight excluding hydrogens is 152 g/mol. The van der Waals surface area contributed by atoms with Gasteiger partial charge in [0.1, 0.15) is 12.4 Å². The molecule has 0 saturated carbocycles. The Hall–Kier alpha value is -1.40. The summed E-state index contributed by atoms with van der Waals surface area (Å²) < 4.78 is 0. The zero-order valence-corrected chi connectivity index (χ0v) is 6.86. The zero-order valence-electron chi connectivity index (χ0n) is 6.86. The molecule has 0 aliphatic carbocycles. The normalized spacial score (nSPS) is 11.5. The molecule has 0 bridgehead atoms. The Balaban J connectivity index is 2.63. The molecule has 3 nitrogen and oxygen atoms in total. The molecule has 12 heavy (non-hydrogen) atoms. The van der Waals surface area contributed by atoms with Crippen molar-refractivity contribution < 1.29 is 5.11 Å². The van der Waals surface area contributed by atoms with Gasteiger partial charge in [-0.15, -0.1) is 11.8 Å². The molecule has 62 valence electrons. The Morgan fingerprint density at radius 1 is 1.67 bits per heavy atom. The van der Waals surface area contributed by atoms with Gasteiger partial charge in [-0.25, -0.2) is 9.97 Å². The number of hydrogen-bond donors (Lipinski definition) is 1. The average Bonchev–Trinajstić information content (AvgIpc) is 2.15. The third-order valence-corrected chi connectivity index (χ3v) is 1.42. The second-order valence-corrected chi connectivity index (χ2v) is 2.28. The summed E-state index contributed by atoms with van der Waals surface area (Å²) in [6, 6.07) is 1.68. The predicted molar refractivity (Wildman–Crippen MR) is 45.1 cm³/mol. The quantitative estimate of drug-likeness (QED) is 0.658. The second kappa shape index (κ2) is 4.47. The summed E-state index contributed by atoms with van der Waals surface area (Å²) in [5.74, 6) is 5.50.